The van der Waals surface area contributed by atoms with Crippen molar-refractivity contribution in [3.05, 3.63) is 35.4 Å². The number of nitrogens with one attached hydrogen (secondary N) is 1. The van der Waals surface area contributed by atoms with E-state index in [1.54, 1.807) is 24.3 Å². The Morgan fingerprint density at radius 3 is 2.82 bits per heavy atom. The number of piperidine rings is 1. The molecule has 2 aromatic rings. The Labute approximate surface area is 163 Å². The van der Waals surface area contributed by atoms with Crippen LogP contribution in [0.15, 0.2) is 24.3 Å². The summed E-state index contributed by atoms with van der Waals surface area (Å²) in [4.78, 5) is 16.2. The van der Waals surface area contributed by atoms with Crippen LogP contribution in [0.1, 0.15) is 47.5 Å². The number of carbonyl (C=O) groups is 1. The van der Waals surface area contributed by atoms with Crippen LogP contribution in [0.5, 0.6) is 11.5 Å². The highest BCUT2D eigenvalue weighted by Gasteiger charge is 2.27. The van der Waals surface area contributed by atoms with Gasteiger partial charge >= 0.3 is 5.97 Å². The molecule has 1 aromatic carbocycles. The zero-order valence-electron chi connectivity index (χ0n) is 15.6. The third-order valence-corrected chi connectivity index (χ3v) is 5.46. The maximum atomic E-state index is 11.8. The number of nitrogens with zero attached hydrogens (tertiary/aromatic N) is 1. The van der Waals surface area contributed by atoms with E-state index in [9.17, 15) is 15.0 Å². The fraction of sp³-hybridized carbons (Fsp3) is 0.429. The van der Waals surface area contributed by atoms with Gasteiger partial charge in [0.25, 0.3) is 0 Å². The average Bonchev–Trinajstić information content (AvgIpc) is 3.50. The van der Waals surface area contributed by atoms with Crippen LogP contribution >= 0.6 is 0 Å². The van der Waals surface area contributed by atoms with Crippen LogP contribution in [0.25, 0.3) is 11.3 Å². The fourth-order valence-electron chi connectivity index (χ4n) is 3.78. The van der Waals surface area contributed by atoms with Crippen molar-refractivity contribution in [2.24, 2.45) is 5.92 Å². The lowest BCUT2D eigenvalue weighted by Crippen LogP contribution is -2.29. The minimum absolute atomic E-state index is 0.0330. The minimum Gasteiger partial charge on any atom is -0.507 e. The molecule has 1 unspecified atom stereocenters. The molecule has 148 valence electrons. The number of aromatic hydroxyl groups is 1. The summed E-state index contributed by atoms with van der Waals surface area (Å²) >= 11 is 0. The minimum atomic E-state index is -1.08. The van der Waals surface area contributed by atoms with Gasteiger partial charge in [0.1, 0.15) is 22.9 Å². The normalized spacial score (nSPS) is 19.4. The summed E-state index contributed by atoms with van der Waals surface area (Å²) in [7, 11) is 0. The highest BCUT2D eigenvalue weighted by atomic mass is 16.5. The van der Waals surface area contributed by atoms with E-state index in [2.05, 4.69) is 10.3 Å². The van der Waals surface area contributed by atoms with Crippen molar-refractivity contribution in [1.29, 1.82) is 0 Å². The summed E-state index contributed by atoms with van der Waals surface area (Å²) in [6.07, 6.45) is 4.16. The number of hydrogen-bond donors (Lipinski definition) is 4. The van der Waals surface area contributed by atoms with Gasteiger partial charge in [0.2, 0.25) is 0 Å². The number of pyridine rings is 1. The van der Waals surface area contributed by atoms with Crippen molar-refractivity contribution in [3.63, 3.8) is 0 Å². The van der Waals surface area contributed by atoms with Gasteiger partial charge in [0, 0.05) is 6.54 Å². The van der Waals surface area contributed by atoms with Crippen LogP contribution in [0.2, 0.25) is 0 Å². The monoisotopic (exact) mass is 383 g/mol. The second-order valence-corrected chi connectivity index (χ2v) is 7.61. The Bertz CT molecular complexity index is 889. The molecular formula is C21H25N3O4. The summed E-state index contributed by atoms with van der Waals surface area (Å²) in [6.45, 7) is 2.21. The van der Waals surface area contributed by atoms with E-state index < -0.39 is 5.97 Å². The molecule has 7 nitrogen and oxygen atoms in total. The van der Waals surface area contributed by atoms with Crippen LogP contribution in [-0.4, -0.2) is 40.9 Å². The number of aromatic nitrogens is 1. The van der Waals surface area contributed by atoms with Gasteiger partial charge in [0.15, 0.2) is 0 Å². The molecule has 0 amide bonds. The maximum Gasteiger partial charge on any atom is 0.339 e. The first-order valence-corrected chi connectivity index (χ1v) is 9.74. The molecule has 1 aliphatic heterocycles. The van der Waals surface area contributed by atoms with Gasteiger partial charge < -0.3 is 26.0 Å². The molecule has 1 aromatic heterocycles. The average molecular weight is 383 g/mol. The summed E-state index contributed by atoms with van der Waals surface area (Å²) in [6, 6.07) is 6.84. The Hall–Kier alpha value is -2.80. The molecule has 1 saturated carbocycles. The molecule has 4 rings (SSSR count). The van der Waals surface area contributed by atoms with Crippen molar-refractivity contribution >= 4 is 11.8 Å². The van der Waals surface area contributed by atoms with Gasteiger partial charge in [-0.25, -0.2) is 9.78 Å². The Kier molecular flexibility index (Phi) is 5.09. The number of carboxylic acids is 1. The molecule has 2 heterocycles. The predicted octanol–water partition coefficient (Wildman–Crippen LogP) is 2.99. The van der Waals surface area contributed by atoms with Gasteiger partial charge in [-0.3, -0.25) is 0 Å². The van der Waals surface area contributed by atoms with E-state index in [4.69, 9.17) is 10.5 Å². The summed E-state index contributed by atoms with van der Waals surface area (Å²) in [5, 5.41) is 23.5. The molecular weight excluding hydrogens is 358 g/mol. The summed E-state index contributed by atoms with van der Waals surface area (Å²) in [5.74, 6) is 0.0456. The van der Waals surface area contributed by atoms with Crippen molar-refractivity contribution < 1.29 is 19.7 Å². The first kappa shape index (κ1) is 18.6. The van der Waals surface area contributed by atoms with E-state index >= 15 is 0 Å². The van der Waals surface area contributed by atoms with E-state index in [-0.39, 0.29) is 23.0 Å². The number of nitrogen functional groups attached to an aromatic ring is 1. The lowest BCUT2D eigenvalue weighted by atomic mass is 9.87. The molecule has 1 aliphatic carbocycles. The number of benzene rings is 1. The lowest BCUT2D eigenvalue weighted by Gasteiger charge is -2.25. The van der Waals surface area contributed by atoms with E-state index in [0.29, 0.717) is 41.6 Å². The van der Waals surface area contributed by atoms with Gasteiger partial charge in [-0.2, -0.15) is 0 Å². The maximum absolute atomic E-state index is 11.8. The molecule has 2 aliphatic rings. The van der Waals surface area contributed by atoms with Crippen LogP contribution in [0.4, 0.5) is 5.82 Å². The van der Waals surface area contributed by atoms with Gasteiger partial charge in [0.05, 0.1) is 17.9 Å². The molecule has 28 heavy (non-hydrogen) atoms. The molecule has 1 saturated heterocycles. The topological polar surface area (TPSA) is 118 Å². The number of anilines is 1. The Morgan fingerprint density at radius 2 is 2.14 bits per heavy atom. The van der Waals surface area contributed by atoms with Crippen molar-refractivity contribution in [1.82, 2.24) is 10.3 Å². The van der Waals surface area contributed by atoms with Crippen LogP contribution in [0.3, 0.4) is 0 Å². The van der Waals surface area contributed by atoms with Crippen molar-refractivity contribution in [3.8, 4) is 22.8 Å². The third kappa shape index (κ3) is 3.75. The van der Waals surface area contributed by atoms with Crippen molar-refractivity contribution in [2.45, 2.75) is 31.6 Å². The number of aromatic carboxylic acids is 1. The van der Waals surface area contributed by atoms with Gasteiger partial charge in [-0.05, 0) is 67.8 Å². The molecule has 0 spiro atoms. The third-order valence-electron chi connectivity index (χ3n) is 5.46. The zero-order valence-corrected chi connectivity index (χ0v) is 15.6. The number of hydrogen-bond acceptors (Lipinski definition) is 6. The Morgan fingerprint density at radius 1 is 1.32 bits per heavy atom. The van der Waals surface area contributed by atoms with Crippen molar-refractivity contribution in [2.75, 3.05) is 25.4 Å². The molecule has 0 bridgehead atoms. The first-order chi connectivity index (χ1) is 13.5. The second kappa shape index (κ2) is 7.67. The molecule has 0 radical (unpaired) electrons. The van der Waals surface area contributed by atoms with Crippen LogP contribution in [-0.2, 0) is 0 Å². The molecule has 5 N–H and O–H groups in total. The summed E-state index contributed by atoms with van der Waals surface area (Å²) in [5.41, 5.74) is 7.66. The van der Waals surface area contributed by atoms with Crippen LogP contribution < -0.4 is 15.8 Å². The quantitative estimate of drug-likeness (QED) is 0.606. The predicted molar refractivity (Wildman–Crippen MR) is 106 cm³/mol. The molecule has 2 fully saturated rings. The number of carboxylic acid groups (broad SMARTS) is 1. The molecule has 7 heteroatoms. The smallest absolute Gasteiger partial charge is 0.339 e. The zero-order chi connectivity index (χ0) is 19.7. The standard InChI is InChI=1S/C21H25N3O4/c22-20-18(21(26)27)14(13-3-2-8-23-10-13)9-15(24-20)19-16(25)4-1-5-17(19)28-11-12-6-7-12/h1,4-5,9,12-13,23,25H,2-3,6-8,10-11H2,(H2,22,24)(H,26,27). The number of rotatable bonds is 6. The lowest BCUT2D eigenvalue weighted by molar-refractivity contribution is 0.0695. The number of phenols is 1. The number of ether oxygens (including phenoxy) is 1. The second-order valence-electron chi connectivity index (χ2n) is 7.61. The number of nitrogens with two attached hydrogens (primary N) is 1. The van der Waals surface area contributed by atoms with Gasteiger partial charge in [-0.15, -0.1) is 0 Å². The highest BCUT2D eigenvalue weighted by Crippen LogP contribution is 2.41. The fourth-order valence-corrected chi connectivity index (χ4v) is 3.78. The largest absolute Gasteiger partial charge is 0.507 e. The van der Waals surface area contributed by atoms with E-state index in [1.165, 1.54) is 0 Å². The first-order valence-electron chi connectivity index (χ1n) is 9.74. The van der Waals surface area contributed by atoms with Gasteiger partial charge in [-0.1, -0.05) is 6.07 Å². The number of phenolic OH excluding ortho intramolecular Hbond substituents is 1. The summed E-state index contributed by atoms with van der Waals surface area (Å²) < 4.78 is 5.93. The highest BCUT2D eigenvalue weighted by molar-refractivity contribution is 5.95. The van der Waals surface area contributed by atoms with Crippen LogP contribution in [0, 0.1) is 5.92 Å². The van der Waals surface area contributed by atoms with E-state index in [1.807, 2.05) is 0 Å². The SMILES string of the molecule is Nc1nc(-c2c(O)cccc2OCC2CC2)cc(C2CCCNC2)c1C(=O)O. The van der Waals surface area contributed by atoms with E-state index in [0.717, 1.165) is 32.2 Å². The molecule has 1 atom stereocenters. The Balaban J connectivity index is 1.79.